The second-order valence-electron chi connectivity index (χ2n) is 4.46. The summed E-state index contributed by atoms with van der Waals surface area (Å²) in [6, 6.07) is 4.70. The van der Waals surface area contributed by atoms with Crippen LogP contribution >= 0.6 is 0 Å². The Labute approximate surface area is 108 Å². The summed E-state index contributed by atoms with van der Waals surface area (Å²) in [6.07, 6.45) is -3.72. The van der Waals surface area contributed by atoms with E-state index in [1.165, 1.54) is 19.2 Å². The van der Waals surface area contributed by atoms with Crippen LogP contribution < -0.4 is 4.74 Å². The molecule has 2 atom stereocenters. The Bertz CT molecular complexity index is 470. The Morgan fingerprint density at radius 3 is 2.79 bits per heavy atom. The Balaban J connectivity index is 1.89. The third kappa shape index (κ3) is 3.39. The van der Waals surface area contributed by atoms with Crippen LogP contribution in [0, 0.1) is 11.8 Å². The van der Waals surface area contributed by atoms with Gasteiger partial charge in [0.1, 0.15) is 5.75 Å². The molecule has 0 radical (unpaired) electrons. The van der Waals surface area contributed by atoms with Crippen molar-refractivity contribution in [3.63, 3.8) is 0 Å². The first-order chi connectivity index (χ1) is 8.91. The molecular formula is C13H13F3O3. The van der Waals surface area contributed by atoms with E-state index >= 15 is 0 Å². The fourth-order valence-corrected chi connectivity index (χ4v) is 1.84. The van der Waals surface area contributed by atoms with Gasteiger partial charge in [-0.2, -0.15) is 13.2 Å². The Kier molecular flexibility index (Phi) is 3.68. The quantitative estimate of drug-likeness (QED) is 0.792. The molecule has 0 heterocycles. The van der Waals surface area contributed by atoms with Crippen molar-refractivity contribution in [2.75, 3.05) is 13.7 Å². The molecule has 1 aromatic rings. The smallest absolute Gasteiger partial charge is 0.416 e. The number of esters is 1. The second-order valence-corrected chi connectivity index (χ2v) is 4.46. The number of methoxy groups -OCH3 is 1. The van der Waals surface area contributed by atoms with Gasteiger partial charge in [-0.15, -0.1) is 0 Å². The zero-order valence-electron chi connectivity index (χ0n) is 10.2. The zero-order valence-corrected chi connectivity index (χ0v) is 10.2. The van der Waals surface area contributed by atoms with Crippen LogP contribution in [0.3, 0.4) is 0 Å². The first-order valence-electron chi connectivity index (χ1n) is 5.79. The monoisotopic (exact) mass is 274 g/mol. The Hall–Kier alpha value is -1.72. The molecule has 1 fully saturated rings. The minimum atomic E-state index is -4.38. The predicted molar refractivity (Wildman–Crippen MR) is 60.6 cm³/mol. The molecule has 3 nitrogen and oxygen atoms in total. The van der Waals surface area contributed by atoms with Crippen molar-refractivity contribution in [3.8, 4) is 5.75 Å². The van der Waals surface area contributed by atoms with E-state index in [9.17, 15) is 18.0 Å². The van der Waals surface area contributed by atoms with E-state index < -0.39 is 11.7 Å². The highest BCUT2D eigenvalue weighted by Crippen LogP contribution is 2.40. The van der Waals surface area contributed by atoms with Gasteiger partial charge in [0, 0.05) is 5.92 Å². The summed E-state index contributed by atoms with van der Waals surface area (Å²) in [6.45, 7) is 0.223. The molecule has 2 unspecified atom stereocenters. The predicted octanol–water partition coefficient (Wildman–Crippen LogP) is 2.89. The number of hydrogen-bond acceptors (Lipinski definition) is 3. The van der Waals surface area contributed by atoms with Crippen LogP contribution in [-0.2, 0) is 15.7 Å². The Morgan fingerprint density at radius 2 is 2.16 bits per heavy atom. The first kappa shape index (κ1) is 13.7. The van der Waals surface area contributed by atoms with Crippen molar-refractivity contribution >= 4 is 5.97 Å². The van der Waals surface area contributed by atoms with E-state index in [2.05, 4.69) is 4.74 Å². The minimum absolute atomic E-state index is 0.0296. The van der Waals surface area contributed by atoms with Gasteiger partial charge in [0.2, 0.25) is 0 Å². The topological polar surface area (TPSA) is 35.5 Å². The number of rotatable bonds is 4. The van der Waals surface area contributed by atoms with Gasteiger partial charge in [0.05, 0.1) is 25.2 Å². The number of hydrogen-bond donors (Lipinski definition) is 0. The minimum Gasteiger partial charge on any atom is -0.493 e. The third-order valence-electron chi connectivity index (χ3n) is 3.05. The van der Waals surface area contributed by atoms with Crippen molar-refractivity contribution in [2.24, 2.45) is 11.8 Å². The average Bonchev–Trinajstić information content (AvgIpc) is 3.14. The highest BCUT2D eigenvalue weighted by Gasteiger charge is 2.44. The van der Waals surface area contributed by atoms with Crippen LogP contribution in [0.25, 0.3) is 0 Å². The van der Waals surface area contributed by atoms with Gasteiger partial charge in [-0.3, -0.25) is 4.79 Å². The molecule has 104 valence electrons. The first-order valence-corrected chi connectivity index (χ1v) is 5.79. The van der Waals surface area contributed by atoms with Crippen LogP contribution in [0.2, 0.25) is 0 Å². The summed E-state index contributed by atoms with van der Waals surface area (Å²) >= 11 is 0. The number of halogens is 3. The van der Waals surface area contributed by atoms with Gasteiger partial charge in [-0.1, -0.05) is 6.07 Å². The number of ether oxygens (including phenoxy) is 2. The Morgan fingerprint density at radius 1 is 1.42 bits per heavy atom. The molecule has 1 aliphatic rings. The van der Waals surface area contributed by atoms with Crippen molar-refractivity contribution in [2.45, 2.75) is 12.6 Å². The molecule has 0 saturated heterocycles. The van der Waals surface area contributed by atoms with E-state index in [0.717, 1.165) is 12.1 Å². The van der Waals surface area contributed by atoms with Crippen molar-refractivity contribution in [3.05, 3.63) is 29.8 Å². The number of benzene rings is 1. The van der Waals surface area contributed by atoms with Gasteiger partial charge in [0.25, 0.3) is 0 Å². The lowest BCUT2D eigenvalue weighted by atomic mass is 10.2. The highest BCUT2D eigenvalue weighted by atomic mass is 19.4. The van der Waals surface area contributed by atoms with Gasteiger partial charge >= 0.3 is 12.1 Å². The molecule has 19 heavy (non-hydrogen) atoms. The molecule has 6 heteroatoms. The van der Waals surface area contributed by atoms with E-state index in [1.54, 1.807) is 0 Å². The summed E-state index contributed by atoms with van der Waals surface area (Å²) in [5, 5.41) is 0. The van der Waals surface area contributed by atoms with Gasteiger partial charge < -0.3 is 9.47 Å². The van der Waals surface area contributed by atoms with Crippen molar-refractivity contribution < 1.29 is 27.4 Å². The van der Waals surface area contributed by atoms with Crippen molar-refractivity contribution in [1.29, 1.82) is 0 Å². The van der Waals surface area contributed by atoms with Gasteiger partial charge in [0.15, 0.2) is 0 Å². The lowest BCUT2D eigenvalue weighted by Gasteiger charge is -2.10. The second kappa shape index (κ2) is 5.11. The fraction of sp³-hybridized carbons (Fsp3) is 0.462. The van der Waals surface area contributed by atoms with Crippen LogP contribution in [-0.4, -0.2) is 19.7 Å². The SMILES string of the molecule is COC(=O)C1CC1COc1cccc(C(F)(F)F)c1. The molecule has 1 aliphatic carbocycles. The molecule has 0 N–H and O–H groups in total. The van der Waals surface area contributed by atoms with Crippen LogP contribution in [0.1, 0.15) is 12.0 Å². The molecule has 0 amide bonds. The molecule has 1 saturated carbocycles. The highest BCUT2D eigenvalue weighted by molar-refractivity contribution is 5.75. The van der Waals surface area contributed by atoms with E-state index in [1.807, 2.05) is 0 Å². The molecular weight excluding hydrogens is 261 g/mol. The lowest BCUT2D eigenvalue weighted by Crippen LogP contribution is -2.09. The van der Waals surface area contributed by atoms with Gasteiger partial charge in [-0.05, 0) is 24.6 Å². The summed E-state index contributed by atoms with van der Waals surface area (Å²) in [7, 11) is 1.31. The number of alkyl halides is 3. The van der Waals surface area contributed by atoms with Crippen LogP contribution in [0.4, 0.5) is 13.2 Å². The summed E-state index contributed by atoms with van der Waals surface area (Å²) in [4.78, 5) is 11.2. The largest absolute Gasteiger partial charge is 0.493 e. The summed E-state index contributed by atoms with van der Waals surface area (Å²) in [5.74, 6) is -0.291. The zero-order chi connectivity index (χ0) is 14.0. The maximum absolute atomic E-state index is 12.5. The number of carbonyl (C=O) groups excluding carboxylic acids is 1. The number of carbonyl (C=O) groups is 1. The maximum Gasteiger partial charge on any atom is 0.416 e. The molecule has 0 bridgehead atoms. The molecule has 1 aromatic carbocycles. The summed E-state index contributed by atoms with van der Waals surface area (Å²) in [5.41, 5.74) is -0.745. The average molecular weight is 274 g/mol. The standard InChI is InChI=1S/C13H13F3O3/c1-18-12(17)11-5-8(11)7-19-10-4-2-3-9(6-10)13(14,15)16/h2-4,6,8,11H,5,7H2,1H3. The lowest BCUT2D eigenvalue weighted by molar-refractivity contribution is -0.142. The normalized spacial score (nSPS) is 21.9. The summed E-state index contributed by atoms with van der Waals surface area (Å²) < 4.78 is 47.3. The fourth-order valence-electron chi connectivity index (χ4n) is 1.84. The van der Waals surface area contributed by atoms with E-state index in [-0.39, 0.29) is 30.2 Å². The van der Waals surface area contributed by atoms with Crippen LogP contribution in [0.5, 0.6) is 5.75 Å². The van der Waals surface area contributed by atoms with Crippen LogP contribution in [0.15, 0.2) is 24.3 Å². The molecule has 0 aromatic heterocycles. The van der Waals surface area contributed by atoms with Crippen molar-refractivity contribution in [1.82, 2.24) is 0 Å². The van der Waals surface area contributed by atoms with E-state index in [4.69, 9.17) is 4.74 Å². The maximum atomic E-state index is 12.5. The van der Waals surface area contributed by atoms with E-state index in [0.29, 0.717) is 6.42 Å². The van der Waals surface area contributed by atoms with Gasteiger partial charge in [-0.25, -0.2) is 0 Å². The third-order valence-corrected chi connectivity index (χ3v) is 3.05. The molecule has 2 rings (SSSR count). The molecule has 0 spiro atoms. The molecule has 0 aliphatic heterocycles.